The van der Waals surface area contributed by atoms with Crippen LogP contribution >= 0.6 is 0 Å². The van der Waals surface area contributed by atoms with Crippen LogP contribution in [0.3, 0.4) is 0 Å². The van der Waals surface area contributed by atoms with Crippen LogP contribution in [0.25, 0.3) is 0 Å². The molecule has 3 heteroatoms. The Hall–Kier alpha value is -2.39. The zero-order chi connectivity index (χ0) is 19.4. The maximum absolute atomic E-state index is 14.1. The number of hydrogen-bond donors (Lipinski definition) is 0. The second kappa shape index (κ2) is 8.10. The van der Waals surface area contributed by atoms with Gasteiger partial charge in [-0.25, -0.2) is 0 Å². The summed E-state index contributed by atoms with van der Waals surface area (Å²) in [5, 5.41) is 0. The number of para-hydroxylation sites is 1. The normalized spacial score (nSPS) is 11.8. The molecule has 27 heavy (non-hydrogen) atoms. The first kappa shape index (κ1) is 19.4. The smallest absolute Gasteiger partial charge is 0.275 e. The predicted molar refractivity (Wildman–Crippen MR) is 113 cm³/mol. The molecule has 0 spiro atoms. The van der Waals surface area contributed by atoms with Crippen LogP contribution in [0.1, 0.15) is 50.7 Å². The van der Waals surface area contributed by atoms with Crippen LogP contribution in [0, 0.1) is 0 Å². The van der Waals surface area contributed by atoms with Crippen LogP contribution in [0.15, 0.2) is 88.7 Å². The Balaban J connectivity index is 2.06. The highest BCUT2D eigenvalue weighted by molar-refractivity contribution is 7.99. The van der Waals surface area contributed by atoms with E-state index in [9.17, 15) is 4.21 Å². The number of benzene rings is 3. The minimum Gasteiger partial charge on any atom is -0.275 e. The Bertz CT molecular complexity index is 855. The van der Waals surface area contributed by atoms with Crippen LogP contribution in [0.2, 0.25) is 0 Å². The molecule has 0 unspecified atom stereocenters. The Morgan fingerprint density at radius 2 is 1.04 bits per heavy atom. The van der Waals surface area contributed by atoms with Gasteiger partial charge >= 0.3 is 10.2 Å². The largest absolute Gasteiger partial charge is 0.325 e. The third-order valence-electron chi connectivity index (χ3n) is 4.67. The highest BCUT2D eigenvalue weighted by Gasteiger charge is 2.38. The summed E-state index contributed by atoms with van der Waals surface area (Å²) in [4.78, 5) is 1.38. The lowest BCUT2D eigenvalue weighted by Crippen LogP contribution is -2.20. The maximum Gasteiger partial charge on any atom is 0.325 e. The van der Waals surface area contributed by atoms with E-state index in [4.69, 9.17) is 4.18 Å². The fraction of sp³-hybridized carbons (Fsp3) is 0.250. The Labute approximate surface area is 163 Å². The molecule has 0 heterocycles. The van der Waals surface area contributed by atoms with Crippen LogP contribution in [0.4, 0.5) is 0 Å². The van der Waals surface area contributed by atoms with Crippen molar-refractivity contribution in [2.24, 2.45) is 0 Å². The third-order valence-corrected chi connectivity index (χ3v) is 6.88. The molecule has 0 saturated carbocycles. The van der Waals surface area contributed by atoms with Gasteiger partial charge in [0.1, 0.15) is 0 Å². The van der Waals surface area contributed by atoms with Crippen molar-refractivity contribution >= 4 is 10.2 Å². The van der Waals surface area contributed by atoms with Gasteiger partial charge in [-0.2, -0.15) is 0 Å². The summed E-state index contributed by atoms with van der Waals surface area (Å²) in [6.07, 6.45) is 0. The molecule has 0 aliphatic rings. The van der Waals surface area contributed by atoms with E-state index >= 15 is 0 Å². The van der Waals surface area contributed by atoms with E-state index in [1.807, 2.05) is 78.9 Å². The summed E-state index contributed by atoms with van der Waals surface area (Å²) in [7, 11) is -2.88. The fourth-order valence-electron chi connectivity index (χ4n) is 2.91. The molecule has 2 nitrogen and oxygen atoms in total. The van der Waals surface area contributed by atoms with E-state index in [1.165, 1.54) is 11.1 Å². The molecule has 0 atom stereocenters. The van der Waals surface area contributed by atoms with Gasteiger partial charge in [-0.1, -0.05) is 70.2 Å². The molecule has 0 radical (unpaired) electrons. The van der Waals surface area contributed by atoms with Crippen molar-refractivity contribution < 1.29 is 8.39 Å². The van der Waals surface area contributed by atoms with Gasteiger partial charge in [0.25, 0.3) is 0 Å². The highest BCUT2D eigenvalue weighted by atomic mass is 32.3. The van der Waals surface area contributed by atoms with Crippen molar-refractivity contribution in [2.45, 2.75) is 49.3 Å². The summed E-state index contributed by atoms with van der Waals surface area (Å²) in [5.41, 5.74) is 2.44. The number of hydrogen-bond acceptors (Lipinski definition) is 2. The Kier molecular flexibility index (Phi) is 5.81. The SMILES string of the molecule is CC(C)c1ccc([S+](=O)(Oc2ccccc2)c2ccc(C(C)C)cc2)cc1. The minimum absolute atomic E-state index is 0.426. The average molecular weight is 380 g/mol. The average Bonchev–Trinajstić information content (AvgIpc) is 2.69. The van der Waals surface area contributed by atoms with E-state index in [1.54, 1.807) is 0 Å². The summed E-state index contributed by atoms with van der Waals surface area (Å²) >= 11 is 0. The standard InChI is InChI=1S/C24H27O2S/c1-18(2)20-10-14-23(15-11-20)27(25,26-22-8-6-5-7-9-22)24-16-12-21(13-17-24)19(3)4/h5-19H,1-4H3/q+1. The first-order valence-corrected chi connectivity index (χ1v) is 10.9. The molecule has 0 bridgehead atoms. The summed E-state index contributed by atoms with van der Waals surface area (Å²) in [6.45, 7) is 8.60. The van der Waals surface area contributed by atoms with Gasteiger partial charge in [0, 0.05) is 0 Å². The molecule has 3 aromatic carbocycles. The molecule has 0 fully saturated rings. The lowest BCUT2D eigenvalue weighted by Gasteiger charge is -2.14. The van der Waals surface area contributed by atoms with Crippen molar-refractivity contribution in [2.75, 3.05) is 0 Å². The molecule has 0 amide bonds. The molecule has 0 saturated heterocycles. The van der Waals surface area contributed by atoms with E-state index in [-0.39, 0.29) is 0 Å². The molecular formula is C24H27O2S+. The summed E-state index contributed by atoms with van der Waals surface area (Å²) in [6, 6.07) is 25.2. The molecule has 0 aliphatic heterocycles. The van der Waals surface area contributed by atoms with E-state index in [0.717, 1.165) is 0 Å². The van der Waals surface area contributed by atoms with Crippen molar-refractivity contribution in [1.29, 1.82) is 0 Å². The Morgan fingerprint density at radius 1 is 0.630 bits per heavy atom. The van der Waals surface area contributed by atoms with Gasteiger partial charge in [0.05, 0.1) is 0 Å². The zero-order valence-electron chi connectivity index (χ0n) is 16.4. The molecule has 3 rings (SSSR count). The summed E-state index contributed by atoms with van der Waals surface area (Å²) in [5.74, 6) is 1.45. The van der Waals surface area contributed by atoms with Crippen molar-refractivity contribution in [3.05, 3.63) is 90.0 Å². The molecular weight excluding hydrogens is 352 g/mol. The quantitative estimate of drug-likeness (QED) is 0.438. The molecule has 0 aromatic heterocycles. The zero-order valence-corrected chi connectivity index (χ0v) is 17.2. The fourth-order valence-corrected chi connectivity index (χ4v) is 4.74. The number of rotatable bonds is 6. The predicted octanol–water partition coefficient (Wildman–Crippen LogP) is 6.84. The van der Waals surface area contributed by atoms with Gasteiger partial charge in [0.15, 0.2) is 5.75 Å². The van der Waals surface area contributed by atoms with Gasteiger partial charge in [-0.15, -0.1) is 0 Å². The van der Waals surface area contributed by atoms with E-state index in [2.05, 4.69) is 27.7 Å². The van der Waals surface area contributed by atoms with Crippen molar-refractivity contribution in [1.82, 2.24) is 0 Å². The van der Waals surface area contributed by atoms with Crippen LogP contribution in [0.5, 0.6) is 5.75 Å². The van der Waals surface area contributed by atoms with Crippen LogP contribution in [-0.4, -0.2) is 0 Å². The van der Waals surface area contributed by atoms with Gasteiger partial charge in [-0.3, -0.25) is 4.18 Å². The maximum atomic E-state index is 14.1. The molecule has 0 N–H and O–H groups in total. The van der Waals surface area contributed by atoms with Crippen molar-refractivity contribution in [3.8, 4) is 5.75 Å². The lowest BCUT2D eigenvalue weighted by atomic mass is 10.0. The van der Waals surface area contributed by atoms with Gasteiger partial charge in [0.2, 0.25) is 9.79 Å². The molecule has 140 valence electrons. The van der Waals surface area contributed by atoms with Crippen LogP contribution < -0.4 is 4.18 Å². The second-order valence-corrected chi connectivity index (χ2v) is 9.46. The first-order chi connectivity index (χ1) is 12.9. The lowest BCUT2D eigenvalue weighted by molar-refractivity contribution is 0.499. The van der Waals surface area contributed by atoms with Gasteiger partial charge < -0.3 is 0 Å². The highest BCUT2D eigenvalue weighted by Crippen LogP contribution is 2.33. The monoisotopic (exact) mass is 379 g/mol. The van der Waals surface area contributed by atoms with E-state index < -0.39 is 10.2 Å². The molecule has 3 aromatic rings. The van der Waals surface area contributed by atoms with Crippen molar-refractivity contribution in [3.63, 3.8) is 0 Å². The summed E-state index contributed by atoms with van der Waals surface area (Å²) < 4.78 is 20.2. The van der Waals surface area contributed by atoms with Crippen LogP contribution in [-0.2, 0) is 14.4 Å². The van der Waals surface area contributed by atoms with E-state index in [0.29, 0.717) is 27.4 Å². The topological polar surface area (TPSA) is 26.3 Å². The molecule has 0 aliphatic carbocycles. The Morgan fingerprint density at radius 3 is 1.41 bits per heavy atom. The minimum atomic E-state index is -2.88. The third kappa shape index (κ3) is 4.30. The second-order valence-electron chi connectivity index (χ2n) is 7.35. The first-order valence-electron chi connectivity index (χ1n) is 9.39. The van der Waals surface area contributed by atoms with Gasteiger partial charge in [-0.05, 0) is 63.6 Å².